The standard InChI is InChI=1S/C22H27N3O/c1-5-23-21-11-6-17(12-19-13-22(19,21)4)14-24-15(2)18-7-9-20(10-8-18)25-16(3)26/h6-10,12H,5,11,13-14H2,1-4H3,(H,25,26). The van der Waals surface area contributed by atoms with Crippen LogP contribution in [0.5, 0.6) is 0 Å². The zero-order valence-electron chi connectivity index (χ0n) is 16.1. The smallest absolute Gasteiger partial charge is 0.221 e. The zero-order chi connectivity index (χ0) is 18.7. The molecule has 1 saturated carbocycles. The normalized spacial score (nSPS) is 23.7. The first-order chi connectivity index (χ1) is 12.4. The van der Waals surface area contributed by atoms with Gasteiger partial charge in [-0.25, -0.2) is 0 Å². The second kappa shape index (κ2) is 7.40. The molecule has 1 N–H and O–H groups in total. The van der Waals surface area contributed by atoms with E-state index in [0.717, 1.165) is 36.3 Å². The molecule has 1 aromatic rings. The summed E-state index contributed by atoms with van der Waals surface area (Å²) in [6.07, 6.45) is 6.65. The third kappa shape index (κ3) is 4.01. The molecule has 2 aliphatic rings. The first kappa shape index (κ1) is 18.3. The molecule has 26 heavy (non-hydrogen) atoms. The van der Waals surface area contributed by atoms with Crippen LogP contribution in [0.4, 0.5) is 5.69 Å². The van der Waals surface area contributed by atoms with Crippen LogP contribution in [0.2, 0.25) is 0 Å². The van der Waals surface area contributed by atoms with Crippen LogP contribution in [0.25, 0.3) is 0 Å². The Morgan fingerprint density at radius 1 is 1.23 bits per heavy atom. The largest absolute Gasteiger partial charge is 0.326 e. The van der Waals surface area contributed by atoms with Gasteiger partial charge in [0.1, 0.15) is 0 Å². The Hall–Kier alpha value is -2.49. The van der Waals surface area contributed by atoms with E-state index in [1.807, 2.05) is 31.2 Å². The molecular formula is C22H27N3O. The number of nitrogens with one attached hydrogen (secondary N) is 1. The molecule has 0 spiro atoms. The van der Waals surface area contributed by atoms with E-state index < -0.39 is 0 Å². The molecule has 1 aromatic carbocycles. The first-order valence-corrected chi connectivity index (χ1v) is 9.25. The minimum absolute atomic E-state index is 0.0606. The highest BCUT2D eigenvalue weighted by Gasteiger charge is 2.48. The van der Waals surface area contributed by atoms with Crippen molar-refractivity contribution in [2.24, 2.45) is 15.4 Å². The van der Waals surface area contributed by atoms with Gasteiger partial charge in [0.2, 0.25) is 5.91 Å². The van der Waals surface area contributed by atoms with Crippen LogP contribution in [0.1, 0.15) is 46.1 Å². The highest BCUT2D eigenvalue weighted by atomic mass is 16.1. The quantitative estimate of drug-likeness (QED) is 0.777. The molecule has 4 nitrogen and oxygen atoms in total. The number of fused-ring (bicyclic) bond motifs is 1. The molecule has 2 aliphatic carbocycles. The summed E-state index contributed by atoms with van der Waals surface area (Å²) in [6, 6.07) is 7.81. The minimum atomic E-state index is -0.0606. The topological polar surface area (TPSA) is 53.8 Å². The molecule has 0 aliphatic heterocycles. The van der Waals surface area contributed by atoms with Crippen molar-refractivity contribution >= 4 is 23.0 Å². The maximum absolute atomic E-state index is 11.1. The van der Waals surface area contributed by atoms with Gasteiger partial charge in [-0.2, -0.15) is 0 Å². The molecule has 0 heterocycles. The second-order valence-corrected chi connectivity index (χ2v) is 7.24. The summed E-state index contributed by atoms with van der Waals surface area (Å²) in [5, 5.41) is 2.78. The molecule has 1 amide bonds. The van der Waals surface area contributed by atoms with Gasteiger partial charge >= 0.3 is 0 Å². The van der Waals surface area contributed by atoms with E-state index in [-0.39, 0.29) is 11.3 Å². The van der Waals surface area contributed by atoms with Gasteiger partial charge in [0.15, 0.2) is 0 Å². The third-order valence-electron chi connectivity index (χ3n) is 5.15. The number of hydrogen-bond donors (Lipinski definition) is 1. The van der Waals surface area contributed by atoms with Crippen molar-refractivity contribution in [1.29, 1.82) is 0 Å². The van der Waals surface area contributed by atoms with Crippen molar-refractivity contribution in [3.63, 3.8) is 0 Å². The van der Waals surface area contributed by atoms with E-state index in [9.17, 15) is 4.79 Å². The summed E-state index contributed by atoms with van der Waals surface area (Å²) >= 11 is 0. The maximum Gasteiger partial charge on any atom is 0.221 e. The first-order valence-electron chi connectivity index (χ1n) is 9.25. The number of carbonyl (C=O) groups is 1. The van der Waals surface area contributed by atoms with Crippen LogP contribution < -0.4 is 5.32 Å². The maximum atomic E-state index is 11.1. The average molecular weight is 349 g/mol. The van der Waals surface area contributed by atoms with Crippen molar-refractivity contribution in [1.82, 2.24) is 0 Å². The fourth-order valence-electron chi connectivity index (χ4n) is 3.41. The highest BCUT2D eigenvalue weighted by Crippen LogP contribution is 2.55. The number of amides is 1. The van der Waals surface area contributed by atoms with Gasteiger partial charge < -0.3 is 5.32 Å². The molecule has 4 heteroatoms. The molecule has 0 radical (unpaired) electrons. The van der Waals surface area contributed by atoms with Crippen molar-refractivity contribution in [3.05, 3.63) is 53.1 Å². The fraction of sp³-hybridized carbons (Fsp3) is 0.409. The number of allylic oxidation sites excluding steroid dienone is 2. The van der Waals surface area contributed by atoms with Gasteiger partial charge in [-0.1, -0.05) is 36.8 Å². The van der Waals surface area contributed by atoms with Crippen LogP contribution in [-0.2, 0) is 4.79 Å². The number of carbonyl (C=O) groups excluding carboxylic acids is 1. The third-order valence-corrected chi connectivity index (χ3v) is 5.15. The molecule has 0 aromatic heterocycles. The lowest BCUT2D eigenvalue weighted by molar-refractivity contribution is -0.114. The van der Waals surface area contributed by atoms with E-state index in [4.69, 9.17) is 9.98 Å². The van der Waals surface area contributed by atoms with E-state index in [1.165, 1.54) is 23.8 Å². The predicted molar refractivity (Wildman–Crippen MR) is 109 cm³/mol. The van der Waals surface area contributed by atoms with Gasteiger partial charge in [-0.05, 0) is 43.5 Å². The Morgan fingerprint density at radius 3 is 2.62 bits per heavy atom. The summed E-state index contributed by atoms with van der Waals surface area (Å²) in [5.74, 6) is -0.0606. The molecule has 0 saturated heterocycles. The summed E-state index contributed by atoms with van der Waals surface area (Å²) in [6.45, 7) is 9.49. The Kier molecular flexibility index (Phi) is 5.21. The van der Waals surface area contributed by atoms with Gasteiger partial charge in [-0.15, -0.1) is 0 Å². The Balaban J connectivity index is 1.69. The number of aliphatic imine (C=N–C) groups is 2. The fourth-order valence-corrected chi connectivity index (χ4v) is 3.41. The second-order valence-electron chi connectivity index (χ2n) is 7.24. The van der Waals surface area contributed by atoms with E-state index in [0.29, 0.717) is 6.54 Å². The number of nitrogens with zero attached hydrogens (tertiary/aromatic N) is 2. The monoisotopic (exact) mass is 349 g/mol. The van der Waals surface area contributed by atoms with Crippen molar-refractivity contribution in [2.75, 3.05) is 18.4 Å². The molecule has 136 valence electrons. The molecule has 1 fully saturated rings. The lowest BCUT2D eigenvalue weighted by Gasteiger charge is -2.09. The van der Waals surface area contributed by atoms with Gasteiger partial charge in [0.25, 0.3) is 0 Å². The summed E-state index contributed by atoms with van der Waals surface area (Å²) < 4.78 is 0. The van der Waals surface area contributed by atoms with Crippen LogP contribution >= 0.6 is 0 Å². The van der Waals surface area contributed by atoms with Gasteiger partial charge in [-0.3, -0.25) is 14.8 Å². The Bertz CT molecular complexity index is 827. The summed E-state index contributed by atoms with van der Waals surface area (Å²) in [5.41, 5.74) is 7.16. The highest BCUT2D eigenvalue weighted by molar-refractivity contribution is 6.00. The average Bonchev–Trinajstić information content (AvgIpc) is 3.27. The lowest BCUT2D eigenvalue weighted by atomic mass is 9.99. The molecule has 1 unspecified atom stereocenters. The number of anilines is 1. The van der Waals surface area contributed by atoms with E-state index >= 15 is 0 Å². The summed E-state index contributed by atoms with van der Waals surface area (Å²) in [7, 11) is 0. The number of rotatable bonds is 5. The van der Waals surface area contributed by atoms with Crippen LogP contribution in [0.15, 0.2) is 57.5 Å². The van der Waals surface area contributed by atoms with Crippen LogP contribution in [0, 0.1) is 5.41 Å². The predicted octanol–water partition coefficient (Wildman–Crippen LogP) is 4.58. The van der Waals surface area contributed by atoms with E-state index in [1.54, 1.807) is 0 Å². The molecule has 3 rings (SSSR count). The van der Waals surface area contributed by atoms with Crippen LogP contribution in [-0.4, -0.2) is 30.4 Å². The van der Waals surface area contributed by atoms with Crippen LogP contribution in [0.3, 0.4) is 0 Å². The Morgan fingerprint density at radius 2 is 1.96 bits per heavy atom. The van der Waals surface area contributed by atoms with Crippen molar-refractivity contribution in [3.8, 4) is 0 Å². The van der Waals surface area contributed by atoms with Crippen molar-refractivity contribution in [2.45, 2.75) is 40.5 Å². The van der Waals surface area contributed by atoms with Gasteiger partial charge in [0.05, 0.1) is 6.54 Å². The molecular weight excluding hydrogens is 322 g/mol. The number of benzene rings is 1. The van der Waals surface area contributed by atoms with E-state index in [2.05, 4.69) is 31.3 Å². The zero-order valence-corrected chi connectivity index (χ0v) is 16.1. The number of hydrogen-bond acceptors (Lipinski definition) is 3. The lowest BCUT2D eigenvalue weighted by Crippen LogP contribution is -2.11. The van der Waals surface area contributed by atoms with Gasteiger partial charge in [0, 0.05) is 42.4 Å². The Labute approximate surface area is 155 Å². The summed E-state index contributed by atoms with van der Waals surface area (Å²) in [4.78, 5) is 20.6. The SMILES string of the molecule is CCN=C1CC=C(CN=C(C)c2ccc(NC(C)=O)cc2)C=C2CC21C. The molecule has 1 atom stereocenters. The molecule has 0 bridgehead atoms. The van der Waals surface area contributed by atoms with Crippen molar-refractivity contribution < 1.29 is 4.79 Å². The minimum Gasteiger partial charge on any atom is -0.326 e.